The summed E-state index contributed by atoms with van der Waals surface area (Å²) in [5.74, 6) is 0.572. The standard InChI is InChI=1S/C20H23ClFN7/c1-29-9-3-2-4-14(29)7-8-23-20-24-11-17-18(28-20)19(26-12-25-17)27-13-5-6-16(22)15(21)10-13/h5-6,10-12,14H,2-4,7-9H2,1H3,(H,23,24,28)(H,25,26,27). The highest BCUT2D eigenvalue weighted by Gasteiger charge is 2.18. The van der Waals surface area contributed by atoms with E-state index >= 15 is 0 Å². The highest BCUT2D eigenvalue weighted by Crippen LogP contribution is 2.25. The molecule has 1 aliphatic rings. The predicted molar refractivity (Wildman–Crippen MR) is 113 cm³/mol. The first-order valence-corrected chi connectivity index (χ1v) is 10.1. The molecule has 4 rings (SSSR count). The van der Waals surface area contributed by atoms with Crippen molar-refractivity contribution in [3.8, 4) is 0 Å². The lowest BCUT2D eigenvalue weighted by Crippen LogP contribution is -2.37. The van der Waals surface area contributed by atoms with Gasteiger partial charge in [0, 0.05) is 18.3 Å². The van der Waals surface area contributed by atoms with Crippen molar-refractivity contribution >= 4 is 40.1 Å². The van der Waals surface area contributed by atoms with Crippen LogP contribution < -0.4 is 10.6 Å². The van der Waals surface area contributed by atoms with Gasteiger partial charge in [-0.1, -0.05) is 18.0 Å². The molecule has 152 valence electrons. The third-order valence-electron chi connectivity index (χ3n) is 5.24. The lowest BCUT2D eigenvalue weighted by Gasteiger charge is -2.32. The fourth-order valence-corrected chi connectivity index (χ4v) is 3.78. The lowest BCUT2D eigenvalue weighted by atomic mass is 10.0. The van der Waals surface area contributed by atoms with E-state index in [1.165, 1.54) is 37.7 Å². The van der Waals surface area contributed by atoms with Gasteiger partial charge in [-0.15, -0.1) is 0 Å². The first kappa shape index (κ1) is 19.7. The molecule has 0 saturated carbocycles. The third-order valence-corrected chi connectivity index (χ3v) is 5.53. The summed E-state index contributed by atoms with van der Waals surface area (Å²) >= 11 is 5.87. The quantitative estimate of drug-likeness (QED) is 0.623. The number of hydrogen-bond acceptors (Lipinski definition) is 7. The van der Waals surface area contributed by atoms with Crippen molar-refractivity contribution in [1.82, 2.24) is 24.8 Å². The van der Waals surface area contributed by atoms with Crippen molar-refractivity contribution in [1.29, 1.82) is 0 Å². The minimum absolute atomic E-state index is 0.0398. The SMILES string of the molecule is CN1CCCCC1CCNc1ncc2ncnc(Nc3ccc(F)c(Cl)c3)c2n1. The van der Waals surface area contributed by atoms with Gasteiger partial charge >= 0.3 is 0 Å². The maximum atomic E-state index is 13.4. The Bertz CT molecular complexity index is 1000. The number of anilines is 3. The smallest absolute Gasteiger partial charge is 0.223 e. The molecule has 1 saturated heterocycles. The molecular weight excluding hydrogens is 393 g/mol. The van der Waals surface area contributed by atoms with Crippen molar-refractivity contribution in [2.75, 3.05) is 30.8 Å². The summed E-state index contributed by atoms with van der Waals surface area (Å²) in [7, 11) is 2.19. The number of fused-ring (bicyclic) bond motifs is 1. The topological polar surface area (TPSA) is 78.9 Å². The number of hydrogen-bond donors (Lipinski definition) is 2. The fourth-order valence-electron chi connectivity index (χ4n) is 3.60. The number of nitrogens with one attached hydrogen (secondary N) is 2. The molecule has 1 unspecified atom stereocenters. The van der Waals surface area contributed by atoms with E-state index in [0.717, 1.165) is 19.5 Å². The number of aromatic nitrogens is 4. The van der Waals surface area contributed by atoms with Gasteiger partial charge in [0.25, 0.3) is 0 Å². The minimum Gasteiger partial charge on any atom is -0.354 e. The zero-order valence-corrected chi connectivity index (χ0v) is 17.0. The fraction of sp³-hybridized carbons (Fsp3) is 0.400. The summed E-state index contributed by atoms with van der Waals surface area (Å²) in [6, 6.07) is 5.00. The molecule has 0 radical (unpaired) electrons. The minimum atomic E-state index is -0.470. The number of benzene rings is 1. The van der Waals surface area contributed by atoms with Gasteiger partial charge in [-0.25, -0.2) is 24.3 Å². The van der Waals surface area contributed by atoms with Crippen molar-refractivity contribution in [3.05, 3.63) is 41.6 Å². The Morgan fingerprint density at radius 1 is 1.24 bits per heavy atom. The maximum absolute atomic E-state index is 13.4. The van der Waals surface area contributed by atoms with Gasteiger partial charge in [-0.3, -0.25) is 0 Å². The summed E-state index contributed by atoms with van der Waals surface area (Å²) < 4.78 is 13.4. The Labute approximate surface area is 173 Å². The molecule has 1 aliphatic heterocycles. The van der Waals surface area contributed by atoms with E-state index in [4.69, 9.17) is 11.6 Å². The van der Waals surface area contributed by atoms with Crippen LogP contribution in [0.2, 0.25) is 5.02 Å². The van der Waals surface area contributed by atoms with E-state index in [1.807, 2.05) is 0 Å². The average molecular weight is 416 g/mol. The highest BCUT2D eigenvalue weighted by molar-refractivity contribution is 6.31. The number of halogens is 2. The second kappa shape index (κ2) is 8.84. The Balaban J connectivity index is 1.48. The van der Waals surface area contributed by atoms with E-state index in [-0.39, 0.29) is 5.02 Å². The van der Waals surface area contributed by atoms with Crippen molar-refractivity contribution in [2.24, 2.45) is 0 Å². The zero-order valence-electron chi connectivity index (χ0n) is 16.2. The summed E-state index contributed by atoms with van der Waals surface area (Å²) in [5, 5.41) is 6.48. The van der Waals surface area contributed by atoms with Gasteiger partial charge in [-0.2, -0.15) is 0 Å². The molecule has 9 heteroatoms. The molecule has 1 atom stereocenters. The van der Waals surface area contributed by atoms with Crippen LogP contribution in [-0.4, -0.2) is 51.0 Å². The normalized spacial score (nSPS) is 17.4. The summed E-state index contributed by atoms with van der Waals surface area (Å²) in [6.07, 6.45) is 7.96. The van der Waals surface area contributed by atoms with Crippen LogP contribution >= 0.6 is 11.6 Å². The van der Waals surface area contributed by atoms with Gasteiger partial charge in [-0.05, 0) is 51.1 Å². The molecule has 3 heterocycles. The van der Waals surface area contributed by atoms with E-state index in [9.17, 15) is 4.39 Å². The third kappa shape index (κ3) is 4.71. The molecule has 0 spiro atoms. The average Bonchev–Trinajstić information content (AvgIpc) is 2.72. The molecular formula is C20H23ClFN7. The van der Waals surface area contributed by atoms with Crippen LogP contribution in [0.3, 0.4) is 0 Å². The van der Waals surface area contributed by atoms with Gasteiger partial charge in [0.15, 0.2) is 5.82 Å². The van der Waals surface area contributed by atoms with E-state index in [0.29, 0.717) is 34.5 Å². The van der Waals surface area contributed by atoms with Gasteiger partial charge in [0.2, 0.25) is 5.95 Å². The largest absolute Gasteiger partial charge is 0.354 e. The van der Waals surface area contributed by atoms with Crippen LogP contribution in [0.5, 0.6) is 0 Å². The first-order valence-electron chi connectivity index (χ1n) is 9.74. The molecule has 0 amide bonds. The number of likely N-dealkylation sites (tertiary alicyclic amines) is 1. The molecule has 7 nitrogen and oxygen atoms in total. The summed E-state index contributed by atoms with van der Waals surface area (Å²) in [4.78, 5) is 19.9. The molecule has 1 fully saturated rings. The Morgan fingerprint density at radius 3 is 2.97 bits per heavy atom. The molecule has 0 aliphatic carbocycles. The van der Waals surface area contributed by atoms with E-state index in [1.54, 1.807) is 12.3 Å². The Kier molecular flexibility index (Phi) is 6.01. The predicted octanol–water partition coefficient (Wildman–Crippen LogP) is 4.24. The maximum Gasteiger partial charge on any atom is 0.223 e. The molecule has 0 bridgehead atoms. The highest BCUT2D eigenvalue weighted by atomic mass is 35.5. The van der Waals surface area contributed by atoms with Gasteiger partial charge in [0.1, 0.15) is 23.2 Å². The second-order valence-corrected chi connectivity index (χ2v) is 7.66. The lowest BCUT2D eigenvalue weighted by molar-refractivity contribution is 0.179. The van der Waals surface area contributed by atoms with Crippen LogP contribution in [0, 0.1) is 5.82 Å². The van der Waals surface area contributed by atoms with E-state index < -0.39 is 5.82 Å². The van der Waals surface area contributed by atoms with Crippen LogP contribution in [0.15, 0.2) is 30.7 Å². The monoisotopic (exact) mass is 415 g/mol. The van der Waals surface area contributed by atoms with Crippen LogP contribution in [-0.2, 0) is 0 Å². The first-order chi connectivity index (χ1) is 14.1. The molecule has 2 N–H and O–H groups in total. The molecule has 1 aromatic carbocycles. The molecule has 2 aromatic heterocycles. The number of rotatable bonds is 6. The number of piperidine rings is 1. The van der Waals surface area contributed by atoms with Crippen molar-refractivity contribution < 1.29 is 4.39 Å². The Hall–Kier alpha value is -2.58. The summed E-state index contributed by atoms with van der Waals surface area (Å²) in [5.41, 5.74) is 1.82. The Morgan fingerprint density at radius 2 is 2.14 bits per heavy atom. The molecule has 3 aromatic rings. The van der Waals surface area contributed by atoms with Crippen molar-refractivity contribution in [2.45, 2.75) is 31.7 Å². The molecule has 29 heavy (non-hydrogen) atoms. The van der Waals surface area contributed by atoms with E-state index in [2.05, 4.69) is 42.5 Å². The van der Waals surface area contributed by atoms with Gasteiger partial charge < -0.3 is 15.5 Å². The van der Waals surface area contributed by atoms with Gasteiger partial charge in [0.05, 0.1) is 11.2 Å². The van der Waals surface area contributed by atoms with Crippen LogP contribution in [0.1, 0.15) is 25.7 Å². The number of nitrogens with zero attached hydrogens (tertiary/aromatic N) is 5. The zero-order chi connectivity index (χ0) is 20.2. The van der Waals surface area contributed by atoms with Crippen molar-refractivity contribution in [3.63, 3.8) is 0 Å². The van der Waals surface area contributed by atoms with Crippen LogP contribution in [0.25, 0.3) is 11.0 Å². The van der Waals surface area contributed by atoms with Crippen LogP contribution in [0.4, 0.5) is 21.8 Å². The second-order valence-electron chi connectivity index (χ2n) is 7.25. The summed E-state index contributed by atoms with van der Waals surface area (Å²) in [6.45, 7) is 1.96.